The smallest absolute Gasteiger partial charge is 0.191 e. The first kappa shape index (κ1) is 20.8. The number of nitrogens with zero attached hydrogens (tertiary/aromatic N) is 4. The van der Waals surface area contributed by atoms with E-state index in [-0.39, 0.29) is 6.04 Å². The summed E-state index contributed by atoms with van der Waals surface area (Å²) in [7, 11) is 0. The average Bonchev–Trinajstić information content (AvgIpc) is 3.06. The molecule has 0 radical (unpaired) electrons. The van der Waals surface area contributed by atoms with Crippen LogP contribution in [0.2, 0.25) is 0 Å². The highest BCUT2D eigenvalue weighted by atomic mass is 19.1. The van der Waals surface area contributed by atoms with Gasteiger partial charge in [0.1, 0.15) is 23.8 Å². The minimum Gasteiger partial charge on any atom is -0.355 e. The number of aromatic nitrogens is 3. The largest absolute Gasteiger partial charge is 0.355 e. The molecule has 0 bridgehead atoms. The van der Waals surface area contributed by atoms with Gasteiger partial charge in [0.15, 0.2) is 5.96 Å². The van der Waals surface area contributed by atoms with Crippen molar-refractivity contribution in [3.05, 3.63) is 47.5 Å². The number of nitrogens with one attached hydrogen (secondary N) is 2. The summed E-state index contributed by atoms with van der Waals surface area (Å²) >= 11 is 0. The first-order valence-corrected chi connectivity index (χ1v) is 9.27. The number of hydrogen-bond donors (Lipinski definition) is 2. The predicted molar refractivity (Wildman–Crippen MR) is 102 cm³/mol. The predicted octanol–water partition coefficient (Wildman–Crippen LogP) is 3.07. The molecule has 6 nitrogen and oxygen atoms in total. The lowest BCUT2D eigenvalue weighted by molar-refractivity contribution is 0.548. The van der Waals surface area contributed by atoms with Crippen LogP contribution in [0.25, 0.3) is 0 Å². The molecule has 1 unspecified atom stereocenters. The van der Waals surface area contributed by atoms with Gasteiger partial charge in [0, 0.05) is 37.7 Å². The zero-order valence-electron chi connectivity index (χ0n) is 16.3. The van der Waals surface area contributed by atoms with Crippen LogP contribution >= 0.6 is 0 Å². The summed E-state index contributed by atoms with van der Waals surface area (Å²) in [4.78, 5) is 4.55. The lowest BCUT2D eigenvalue weighted by Gasteiger charge is -2.20. The maximum atomic E-state index is 14.0. The number of benzene rings is 1. The van der Waals surface area contributed by atoms with Crippen molar-refractivity contribution in [2.24, 2.45) is 10.9 Å². The van der Waals surface area contributed by atoms with Crippen molar-refractivity contribution in [2.75, 3.05) is 13.1 Å². The number of hydrogen-bond acceptors (Lipinski definition) is 3. The molecule has 1 aromatic carbocycles. The summed E-state index contributed by atoms with van der Waals surface area (Å²) in [6.45, 7) is 9.96. The summed E-state index contributed by atoms with van der Waals surface area (Å²) in [5.74, 6) is 0.746. The summed E-state index contributed by atoms with van der Waals surface area (Å²) in [6, 6.07) is 3.25. The molecule has 0 spiro atoms. The van der Waals surface area contributed by atoms with Crippen molar-refractivity contribution in [2.45, 2.75) is 46.7 Å². The van der Waals surface area contributed by atoms with Crippen LogP contribution in [0.5, 0.6) is 0 Å². The van der Waals surface area contributed by atoms with Gasteiger partial charge in [-0.05, 0) is 18.9 Å². The van der Waals surface area contributed by atoms with Crippen molar-refractivity contribution in [3.63, 3.8) is 0 Å². The van der Waals surface area contributed by atoms with Gasteiger partial charge in [-0.15, -0.1) is 10.2 Å². The van der Waals surface area contributed by atoms with E-state index in [4.69, 9.17) is 0 Å². The fraction of sp³-hybridized carbons (Fsp3) is 0.526. The Morgan fingerprint density at radius 1 is 1.26 bits per heavy atom. The minimum absolute atomic E-state index is 0.356. The molecule has 0 aliphatic carbocycles. The molecule has 0 saturated heterocycles. The first-order chi connectivity index (χ1) is 12.9. The fourth-order valence-electron chi connectivity index (χ4n) is 2.60. The Morgan fingerprint density at radius 3 is 2.70 bits per heavy atom. The molecular formula is C19H28F2N6. The molecule has 1 heterocycles. The molecule has 27 heavy (non-hydrogen) atoms. The van der Waals surface area contributed by atoms with Gasteiger partial charge < -0.3 is 15.2 Å². The van der Waals surface area contributed by atoms with Gasteiger partial charge in [0.25, 0.3) is 0 Å². The second-order valence-corrected chi connectivity index (χ2v) is 6.84. The van der Waals surface area contributed by atoms with E-state index < -0.39 is 11.6 Å². The molecule has 1 aromatic heterocycles. The number of aliphatic imine (C=N–C) groups is 1. The Bertz CT molecular complexity index is 756. The summed E-state index contributed by atoms with van der Waals surface area (Å²) in [5.41, 5.74) is 0.391. The van der Waals surface area contributed by atoms with Gasteiger partial charge >= 0.3 is 0 Å². The highest BCUT2D eigenvalue weighted by Gasteiger charge is 2.13. The van der Waals surface area contributed by atoms with Gasteiger partial charge in [0.2, 0.25) is 0 Å². The third kappa shape index (κ3) is 6.30. The van der Waals surface area contributed by atoms with Crippen molar-refractivity contribution < 1.29 is 8.78 Å². The van der Waals surface area contributed by atoms with Crippen LogP contribution in [0.15, 0.2) is 29.5 Å². The van der Waals surface area contributed by atoms with Crippen LogP contribution in [-0.4, -0.2) is 33.8 Å². The Labute approximate surface area is 159 Å². The molecule has 0 amide bonds. The third-order valence-corrected chi connectivity index (χ3v) is 4.05. The molecule has 2 aromatic rings. The summed E-state index contributed by atoms with van der Waals surface area (Å²) in [5, 5.41) is 14.4. The Morgan fingerprint density at radius 2 is 2.04 bits per heavy atom. The zero-order chi connectivity index (χ0) is 19.8. The van der Waals surface area contributed by atoms with E-state index in [0.717, 1.165) is 18.3 Å². The molecule has 148 valence electrons. The summed E-state index contributed by atoms with van der Waals surface area (Å²) in [6.07, 6.45) is 2.52. The van der Waals surface area contributed by atoms with Crippen molar-refractivity contribution in [1.29, 1.82) is 0 Å². The second-order valence-electron chi connectivity index (χ2n) is 6.84. The second kappa shape index (κ2) is 9.99. The lowest BCUT2D eigenvalue weighted by Crippen LogP contribution is -2.40. The van der Waals surface area contributed by atoms with Crippen LogP contribution in [0.1, 0.15) is 45.1 Å². The van der Waals surface area contributed by atoms with Crippen LogP contribution in [0.3, 0.4) is 0 Å². The monoisotopic (exact) mass is 378 g/mol. The third-order valence-electron chi connectivity index (χ3n) is 4.05. The van der Waals surface area contributed by atoms with Crippen LogP contribution < -0.4 is 10.6 Å². The van der Waals surface area contributed by atoms with E-state index in [0.29, 0.717) is 37.1 Å². The fourth-order valence-corrected chi connectivity index (χ4v) is 2.60. The van der Waals surface area contributed by atoms with E-state index in [2.05, 4.69) is 39.7 Å². The van der Waals surface area contributed by atoms with Crippen LogP contribution in [0.4, 0.5) is 8.78 Å². The maximum absolute atomic E-state index is 14.0. The van der Waals surface area contributed by atoms with E-state index in [9.17, 15) is 8.78 Å². The SMILES string of the molecule is CCc1nncn1CCNC(=NCC(C)C)NC(C)c1ccc(F)cc1F. The topological polar surface area (TPSA) is 67.1 Å². The van der Waals surface area contributed by atoms with Crippen molar-refractivity contribution >= 4 is 5.96 Å². The lowest BCUT2D eigenvalue weighted by atomic mass is 10.1. The Balaban J connectivity index is 2.01. The van der Waals surface area contributed by atoms with Crippen molar-refractivity contribution in [1.82, 2.24) is 25.4 Å². The molecular weight excluding hydrogens is 350 g/mol. The van der Waals surface area contributed by atoms with Gasteiger partial charge in [-0.25, -0.2) is 8.78 Å². The number of guanidine groups is 1. The molecule has 1 atom stereocenters. The quantitative estimate of drug-likeness (QED) is 0.547. The Kier molecular flexibility index (Phi) is 7.69. The molecule has 2 rings (SSSR count). The zero-order valence-corrected chi connectivity index (χ0v) is 16.3. The van der Waals surface area contributed by atoms with E-state index in [1.807, 2.05) is 18.4 Å². The molecule has 0 saturated carbocycles. The standard InChI is InChI=1S/C19H28F2N6/c1-5-18-26-24-12-27(18)9-8-22-19(23-11-13(2)3)25-14(4)16-7-6-15(20)10-17(16)21/h6-7,10,12-14H,5,8-9,11H2,1-4H3,(H2,22,23,25). The highest BCUT2D eigenvalue weighted by Crippen LogP contribution is 2.17. The normalized spacial score (nSPS) is 13.1. The van der Waals surface area contributed by atoms with Crippen molar-refractivity contribution in [3.8, 4) is 0 Å². The van der Waals surface area contributed by atoms with E-state index in [1.54, 1.807) is 6.33 Å². The van der Waals surface area contributed by atoms with Crippen LogP contribution in [-0.2, 0) is 13.0 Å². The number of halogens is 2. The molecule has 8 heteroatoms. The van der Waals surface area contributed by atoms with E-state index in [1.165, 1.54) is 12.1 Å². The van der Waals surface area contributed by atoms with E-state index >= 15 is 0 Å². The van der Waals surface area contributed by atoms with Gasteiger partial charge in [0.05, 0.1) is 6.04 Å². The minimum atomic E-state index is -0.587. The summed E-state index contributed by atoms with van der Waals surface area (Å²) < 4.78 is 29.1. The van der Waals surface area contributed by atoms with Gasteiger partial charge in [-0.2, -0.15) is 0 Å². The van der Waals surface area contributed by atoms with Gasteiger partial charge in [-0.1, -0.05) is 26.8 Å². The first-order valence-electron chi connectivity index (χ1n) is 9.27. The highest BCUT2D eigenvalue weighted by molar-refractivity contribution is 5.80. The molecule has 2 N–H and O–H groups in total. The molecule has 0 aliphatic rings. The maximum Gasteiger partial charge on any atom is 0.191 e. The molecule has 0 aliphatic heterocycles. The molecule has 0 fully saturated rings. The van der Waals surface area contributed by atoms with Gasteiger partial charge in [-0.3, -0.25) is 4.99 Å². The Hall–Kier alpha value is -2.51. The number of aryl methyl sites for hydroxylation is 1. The van der Waals surface area contributed by atoms with Crippen LogP contribution in [0, 0.1) is 17.6 Å². The average molecular weight is 378 g/mol. The number of rotatable bonds is 8.